The van der Waals surface area contributed by atoms with Crippen molar-refractivity contribution in [1.29, 1.82) is 0 Å². The van der Waals surface area contributed by atoms with Crippen molar-refractivity contribution in [3.8, 4) is 5.75 Å². The first kappa shape index (κ1) is 13.7. The Morgan fingerprint density at radius 2 is 1.83 bits per heavy atom. The maximum absolute atomic E-state index is 13.0. The van der Waals surface area contributed by atoms with Gasteiger partial charge in [0.05, 0.1) is 14.5 Å². The highest BCUT2D eigenvalue weighted by atomic mass is 79.9. The highest BCUT2D eigenvalue weighted by molar-refractivity contribution is 9.10. The van der Waals surface area contributed by atoms with Gasteiger partial charge in [-0.1, -0.05) is 29.3 Å². The van der Waals surface area contributed by atoms with Gasteiger partial charge in [0.1, 0.15) is 18.2 Å². The first-order valence-electron chi connectivity index (χ1n) is 5.08. The van der Waals surface area contributed by atoms with Gasteiger partial charge in [-0.2, -0.15) is 0 Å². The zero-order valence-corrected chi connectivity index (χ0v) is 12.2. The highest BCUT2D eigenvalue weighted by Crippen LogP contribution is 2.25. The summed E-state index contributed by atoms with van der Waals surface area (Å²) in [6.45, 7) is 0.342. The van der Waals surface area contributed by atoms with Crippen molar-refractivity contribution in [2.75, 3.05) is 0 Å². The van der Waals surface area contributed by atoms with E-state index in [0.717, 1.165) is 5.56 Å². The van der Waals surface area contributed by atoms with E-state index in [-0.39, 0.29) is 5.82 Å². The van der Waals surface area contributed by atoms with E-state index in [0.29, 0.717) is 26.9 Å². The third-order valence-electron chi connectivity index (χ3n) is 2.28. The van der Waals surface area contributed by atoms with E-state index >= 15 is 0 Å². The minimum Gasteiger partial charge on any atom is -0.489 e. The van der Waals surface area contributed by atoms with Gasteiger partial charge in [0.25, 0.3) is 0 Å². The largest absolute Gasteiger partial charge is 0.489 e. The zero-order valence-electron chi connectivity index (χ0n) is 9.09. The van der Waals surface area contributed by atoms with Gasteiger partial charge >= 0.3 is 0 Å². The molecule has 0 radical (unpaired) electrons. The van der Waals surface area contributed by atoms with Gasteiger partial charge in [-0.05, 0) is 51.8 Å². The van der Waals surface area contributed by atoms with Crippen molar-refractivity contribution >= 4 is 39.1 Å². The standard InChI is InChI=1S/C13H8BrCl2FO/c14-10-6-9(2-4-13(10)17)18-7-8-1-3-11(15)12(16)5-8/h1-6H,7H2. The molecule has 0 saturated heterocycles. The number of hydrogen-bond acceptors (Lipinski definition) is 1. The van der Waals surface area contributed by atoms with Gasteiger partial charge in [0.2, 0.25) is 0 Å². The monoisotopic (exact) mass is 348 g/mol. The Labute approximate surface area is 123 Å². The third-order valence-corrected chi connectivity index (χ3v) is 3.63. The number of benzene rings is 2. The Morgan fingerprint density at radius 1 is 1.06 bits per heavy atom. The van der Waals surface area contributed by atoms with Crippen LogP contribution >= 0.6 is 39.1 Å². The SMILES string of the molecule is Fc1ccc(OCc2ccc(Cl)c(Cl)c2)cc1Br. The summed E-state index contributed by atoms with van der Waals surface area (Å²) in [6, 6.07) is 9.76. The van der Waals surface area contributed by atoms with E-state index in [1.807, 2.05) is 6.07 Å². The minimum atomic E-state index is -0.322. The maximum atomic E-state index is 13.0. The molecule has 0 fully saturated rings. The van der Waals surface area contributed by atoms with Crippen LogP contribution in [0.15, 0.2) is 40.9 Å². The predicted molar refractivity (Wildman–Crippen MR) is 74.9 cm³/mol. The van der Waals surface area contributed by atoms with Crippen molar-refractivity contribution in [3.63, 3.8) is 0 Å². The average Bonchev–Trinajstić information content (AvgIpc) is 2.35. The van der Waals surface area contributed by atoms with Crippen LogP contribution in [0, 0.1) is 5.82 Å². The summed E-state index contributed by atoms with van der Waals surface area (Å²) in [4.78, 5) is 0. The Bertz CT molecular complexity index is 523. The molecule has 1 nitrogen and oxygen atoms in total. The number of ether oxygens (including phenoxy) is 1. The first-order valence-corrected chi connectivity index (χ1v) is 6.63. The molecule has 0 atom stereocenters. The Balaban J connectivity index is 2.06. The van der Waals surface area contributed by atoms with Crippen LogP contribution in [0.5, 0.6) is 5.75 Å². The number of rotatable bonds is 3. The molecule has 0 aliphatic rings. The Kier molecular flexibility index (Phi) is 4.49. The lowest BCUT2D eigenvalue weighted by Crippen LogP contribution is -1.95. The van der Waals surface area contributed by atoms with Crippen LogP contribution in [0.2, 0.25) is 10.0 Å². The maximum Gasteiger partial charge on any atom is 0.137 e. The molecular formula is C13H8BrCl2FO. The molecule has 5 heteroatoms. The molecule has 0 aliphatic carbocycles. The second kappa shape index (κ2) is 5.91. The Hall–Kier alpha value is -0.770. The molecular weight excluding hydrogens is 342 g/mol. The molecule has 0 aromatic heterocycles. The van der Waals surface area contributed by atoms with E-state index in [4.69, 9.17) is 27.9 Å². The van der Waals surface area contributed by atoms with Gasteiger partial charge in [-0.15, -0.1) is 0 Å². The van der Waals surface area contributed by atoms with Crippen molar-refractivity contribution in [2.45, 2.75) is 6.61 Å². The molecule has 0 unspecified atom stereocenters. The van der Waals surface area contributed by atoms with Gasteiger partial charge in [-0.3, -0.25) is 0 Å². The summed E-state index contributed by atoms with van der Waals surface area (Å²) in [6.07, 6.45) is 0. The third kappa shape index (κ3) is 3.37. The fraction of sp³-hybridized carbons (Fsp3) is 0.0769. The molecule has 0 amide bonds. The summed E-state index contributed by atoms with van der Waals surface area (Å²) in [7, 11) is 0. The van der Waals surface area contributed by atoms with Gasteiger partial charge in [0, 0.05) is 0 Å². The molecule has 0 aliphatic heterocycles. The van der Waals surface area contributed by atoms with Gasteiger partial charge in [-0.25, -0.2) is 4.39 Å². The van der Waals surface area contributed by atoms with Gasteiger partial charge < -0.3 is 4.74 Å². The van der Waals surface area contributed by atoms with E-state index in [9.17, 15) is 4.39 Å². The van der Waals surface area contributed by atoms with Crippen LogP contribution in [0.3, 0.4) is 0 Å². The fourth-order valence-corrected chi connectivity index (χ4v) is 2.04. The second-order valence-electron chi connectivity index (χ2n) is 3.61. The molecule has 0 spiro atoms. The summed E-state index contributed by atoms with van der Waals surface area (Å²) in [5.74, 6) is 0.256. The lowest BCUT2D eigenvalue weighted by Gasteiger charge is -2.07. The fourth-order valence-electron chi connectivity index (χ4n) is 1.36. The molecule has 0 saturated carbocycles. The smallest absolute Gasteiger partial charge is 0.137 e. The summed E-state index contributed by atoms with van der Waals surface area (Å²) >= 11 is 14.8. The van der Waals surface area contributed by atoms with Crippen LogP contribution in [-0.2, 0) is 6.61 Å². The molecule has 0 N–H and O–H groups in total. The highest BCUT2D eigenvalue weighted by Gasteiger charge is 2.03. The molecule has 0 heterocycles. The van der Waals surface area contributed by atoms with Crippen LogP contribution < -0.4 is 4.74 Å². The summed E-state index contributed by atoms with van der Waals surface area (Å²) in [5.41, 5.74) is 0.893. The van der Waals surface area contributed by atoms with Crippen LogP contribution in [0.1, 0.15) is 5.56 Å². The van der Waals surface area contributed by atoms with Crippen LogP contribution in [-0.4, -0.2) is 0 Å². The second-order valence-corrected chi connectivity index (χ2v) is 5.28. The van der Waals surface area contributed by atoms with Crippen molar-refractivity contribution in [3.05, 3.63) is 62.3 Å². The van der Waals surface area contributed by atoms with E-state index in [2.05, 4.69) is 15.9 Å². The van der Waals surface area contributed by atoms with Crippen LogP contribution in [0.4, 0.5) is 4.39 Å². The van der Waals surface area contributed by atoms with E-state index in [1.165, 1.54) is 6.07 Å². The van der Waals surface area contributed by atoms with Crippen molar-refractivity contribution in [2.24, 2.45) is 0 Å². The van der Waals surface area contributed by atoms with Crippen LogP contribution in [0.25, 0.3) is 0 Å². The summed E-state index contributed by atoms with van der Waals surface area (Å²) in [5, 5.41) is 0.989. The number of hydrogen-bond donors (Lipinski definition) is 0. The minimum absolute atomic E-state index is 0.322. The van der Waals surface area contributed by atoms with Gasteiger partial charge in [0.15, 0.2) is 0 Å². The van der Waals surface area contributed by atoms with E-state index < -0.39 is 0 Å². The lowest BCUT2D eigenvalue weighted by atomic mass is 10.2. The predicted octanol–water partition coefficient (Wildman–Crippen LogP) is 5.47. The first-order chi connectivity index (χ1) is 8.56. The topological polar surface area (TPSA) is 9.23 Å². The molecule has 2 aromatic carbocycles. The normalized spacial score (nSPS) is 10.4. The molecule has 2 rings (SSSR count). The van der Waals surface area contributed by atoms with Crippen molar-refractivity contribution in [1.82, 2.24) is 0 Å². The van der Waals surface area contributed by atoms with E-state index in [1.54, 1.807) is 24.3 Å². The molecule has 2 aromatic rings. The zero-order chi connectivity index (χ0) is 13.1. The quantitative estimate of drug-likeness (QED) is 0.713. The summed E-state index contributed by atoms with van der Waals surface area (Å²) < 4.78 is 18.9. The Morgan fingerprint density at radius 3 is 2.50 bits per heavy atom. The number of halogens is 4. The molecule has 94 valence electrons. The molecule has 0 bridgehead atoms. The average molecular weight is 350 g/mol. The molecule has 18 heavy (non-hydrogen) atoms. The lowest BCUT2D eigenvalue weighted by molar-refractivity contribution is 0.305. The van der Waals surface area contributed by atoms with Crippen molar-refractivity contribution < 1.29 is 9.13 Å².